The fraction of sp³-hybridized carbons (Fsp3) is 0.478. The summed E-state index contributed by atoms with van der Waals surface area (Å²) in [6.45, 7) is 2.05. The van der Waals surface area contributed by atoms with Gasteiger partial charge in [-0.05, 0) is 42.7 Å². The molecular weight excluding hydrogens is 430 g/mol. The van der Waals surface area contributed by atoms with Crippen LogP contribution >= 0.6 is 0 Å². The Morgan fingerprint density at radius 1 is 1.16 bits per heavy atom. The highest BCUT2D eigenvalue weighted by molar-refractivity contribution is 7.92. The molecule has 1 aliphatic heterocycles. The molecule has 1 N–H and O–H groups in total. The summed E-state index contributed by atoms with van der Waals surface area (Å²) < 4.78 is 38.0. The minimum Gasteiger partial charge on any atom is -0.464 e. The molecule has 1 saturated carbocycles. The summed E-state index contributed by atoms with van der Waals surface area (Å²) in [4.78, 5) is 18.6. The number of nitrogens with one attached hydrogen (secondary N) is 1. The van der Waals surface area contributed by atoms with Crippen molar-refractivity contribution >= 4 is 27.4 Å². The largest absolute Gasteiger partial charge is 0.464 e. The number of piperidine rings is 1. The first-order chi connectivity index (χ1) is 15.4. The molecule has 1 aromatic heterocycles. The standard InChI is InChI=1S/C23H29N3O5S/c1-30-22(27)21-20(26-11-9-23(7-8-23)10-12-26)15-19(16-24-21)25-32(28,29)14-13-31-17-18-5-3-2-4-6-18/h2-6,15-16,25H,7-14,17H2,1H3. The average molecular weight is 460 g/mol. The molecule has 0 unspecified atom stereocenters. The molecule has 1 spiro atoms. The first-order valence-corrected chi connectivity index (χ1v) is 12.5. The summed E-state index contributed by atoms with van der Waals surface area (Å²) in [5, 5.41) is 0. The fourth-order valence-electron chi connectivity index (χ4n) is 4.07. The van der Waals surface area contributed by atoms with Gasteiger partial charge in [0.2, 0.25) is 10.0 Å². The Bertz CT molecular complexity index is 1040. The summed E-state index contributed by atoms with van der Waals surface area (Å²) in [6, 6.07) is 11.3. The molecule has 1 aromatic carbocycles. The first kappa shape index (κ1) is 22.5. The van der Waals surface area contributed by atoms with Crippen molar-refractivity contribution in [2.24, 2.45) is 5.41 Å². The van der Waals surface area contributed by atoms with E-state index in [9.17, 15) is 13.2 Å². The van der Waals surface area contributed by atoms with Crippen LogP contribution in [0, 0.1) is 5.41 Å². The van der Waals surface area contributed by atoms with Gasteiger partial charge in [0.25, 0.3) is 0 Å². The molecule has 172 valence electrons. The van der Waals surface area contributed by atoms with E-state index in [0.717, 1.165) is 31.5 Å². The van der Waals surface area contributed by atoms with Crippen molar-refractivity contribution in [3.05, 3.63) is 53.9 Å². The summed E-state index contributed by atoms with van der Waals surface area (Å²) in [5.41, 5.74) is 2.59. The number of benzene rings is 1. The third kappa shape index (κ3) is 5.58. The molecule has 0 amide bonds. The number of esters is 1. The molecule has 2 fully saturated rings. The molecule has 32 heavy (non-hydrogen) atoms. The maximum Gasteiger partial charge on any atom is 0.358 e. The average Bonchev–Trinajstić information content (AvgIpc) is 3.56. The predicted octanol–water partition coefficient (Wildman–Crippen LogP) is 3.21. The first-order valence-electron chi connectivity index (χ1n) is 10.9. The monoisotopic (exact) mass is 459 g/mol. The lowest BCUT2D eigenvalue weighted by atomic mass is 9.93. The highest BCUT2D eigenvalue weighted by atomic mass is 32.2. The van der Waals surface area contributed by atoms with Crippen LogP contribution in [0.15, 0.2) is 42.6 Å². The Balaban J connectivity index is 1.40. The van der Waals surface area contributed by atoms with Crippen LogP contribution in [0.2, 0.25) is 0 Å². The maximum atomic E-state index is 12.5. The second-order valence-corrected chi connectivity index (χ2v) is 10.4. The molecule has 8 nitrogen and oxygen atoms in total. The Kier molecular flexibility index (Phi) is 6.66. The highest BCUT2D eigenvalue weighted by Crippen LogP contribution is 2.54. The molecule has 1 saturated heterocycles. The number of aromatic nitrogens is 1. The molecule has 0 bridgehead atoms. The number of hydrogen-bond donors (Lipinski definition) is 1. The van der Waals surface area contributed by atoms with Gasteiger partial charge in [0.1, 0.15) is 0 Å². The van der Waals surface area contributed by atoms with Crippen molar-refractivity contribution in [2.45, 2.75) is 32.3 Å². The normalized spacial score (nSPS) is 17.2. The number of methoxy groups -OCH3 is 1. The van der Waals surface area contributed by atoms with Crippen LogP contribution in [-0.4, -0.2) is 51.9 Å². The van der Waals surface area contributed by atoms with Crippen LogP contribution in [0.1, 0.15) is 41.7 Å². The van der Waals surface area contributed by atoms with Gasteiger partial charge in [-0.3, -0.25) is 4.72 Å². The molecular formula is C23H29N3O5S. The van der Waals surface area contributed by atoms with Crippen molar-refractivity contribution in [3.8, 4) is 0 Å². The summed E-state index contributed by atoms with van der Waals surface area (Å²) in [6.07, 6.45) is 6.04. The van der Waals surface area contributed by atoms with Crippen LogP contribution in [0.5, 0.6) is 0 Å². The number of sulfonamides is 1. The number of hydrogen-bond acceptors (Lipinski definition) is 7. The number of rotatable bonds is 9. The van der Waals surface area contributed by atoms with E-state index in [1.807, 2.05) is 30.3 Å². The van der Waals surface area contributed by atoms with Crippen molar-refractivity contribution in [3.63, 3.8) is 0 Å². The van der Waals surface area contributed by atoms with E-state index in [1.165, 1.54) is 26.1 Å². The third-order valence-corrected chi connectivity index (χ3v) is 7.50. The fourth-order valence-corrected chi connectivity index (χ4v) is 4.98. The number of nitrogens with zero attached hydrogens (tertiary/aromatic N) is 2. The van der Waals surface area contributed by atoms with E-state index in [4.69, 9.17) is 9.47 Å². The minimum atomic E-state index is -3.63. The van der Waals surface area contributed by atoms with Crippen molar-refractivity contribution in [1.82, 2.24) is 4.98 Å². The van der Waals surface area contributed by atoms with E-state index >= 15 is 0 Å². The van der Waals surface area contributed by atoms with Gasteiger partial charge >= 0.3 is 5.97 Å². The van der Waals surface area contributed by atoms with Gasteiger partial charge in [-0.25, -0.2) is 18.2 Å². The smallest absolute Gasteiger partial charge is 0.358 e. The van der Waals surface area contributed by atoms with Crippen molar-refractivity contribution in [1.29, 1.82) is 0 Å². The lowest BCUT2D eigenvalue weighted by molar-refractivity contribution is 0.0594. The van der Waals surface area contributed by atoms with Gasteiger partial charge in [0.05, 0.1) is 43.6 Å². The molecule has 0 atom stereocenters. The topological polar surface area (TPSA) is 97.8 Å². The maximum absolute atomic E-state index is 12.5. The lowest BCUT2D eigenvalue weighted by Crippen LogP contribution is -2.35. The van der Waals surface area contributed by atoms with Crippen LogP contribution in [0.3, 0.4) is 0 Å². The predicted molar refractivity (Wildman–Crippen MR) is 122 cm³/mol. The second-order valence-electron chi connectivity index (χ2n) is 8.53. The second kappa shape index (κ2) is 9.46. The van der Waals surface area contributed by atoms with Crippen molar-refractivity contribution < 1.29 is 22.7 Å². The van der Waals surface area contributed by atoms with Crippen LogP contribution < -0.4 is 9.62 Å². The van der Waals surface area contributed by atoms with Crippen molar-refractivity contribution in [2.75, 3.05) is 42.2 Å². The molecule has 0 radical (unpaired) electrons. The number of carbonyl (C=O) groups is 1. The van der Waals surface area contributed by atoms with Crippen LogP contribution in [-0.2, 0) is 26.1 Å². The highest BCUT2D eigenvalue weighted by Gasteiger charge is 2.44. The Labute approximate surface area is 189 Å². The zero-order chi connectivity index (χ0) is 22.6. The lowest BCUT2D eigenvalue weighted by Gasteiger charge is -2.34. The van der Waals surface area contributed by atoms with Gasteiger partial charge in [-0.1, -0.05) is 30.3 Å². The van der Waals surface area contributed by atoms with Gasteiger partial charge in [-0.15, -0.1) is 0 Å². The van der Waals surface area contributed by atoms with E-state index in [0.29, 0.717) is 23.4 Å². The number of ether oxygens (including phenoxy) is 2. The van der Waals surface area contributed by atoms with Gasteiger partial charge in [-0.2, -0.15) is 0 Å². The zero-order valence-electron chi connectivity index (χ0n) is 18.2. The third-order valence-electron chi connectivity index (χ3n) is 6.25. The van der Waals surface area contributed by atoms with E-state index < -0.39 is 16.0 Å². The number of anilines is 2. The quantitative estimate of drug-likeness (QED) is 0.454. The van der Waals surface area contributed by atoms with Gasteiger partial charge in [0, 0.05) is 13.1 Å². The van der Waals surface area contributed by atoms with E-state index in [-0.39, 0.29) is 18.1 Å². The Morgan fingerprint density at radius 3 is 2.53 bits per heavy atom. The summed E-state index contributed by atoms with van der Waals surface area (Å²) in [5.74, 6) is -0.712. The van der Waals surface area contributed by atoms with Crippen LogP contribution in [0.4, 0.5) is 11.4 Å². The zero-order valence-corrected chi connectivity index (χ0v) is 19.1. The number of carbonyl (C=O) groups excluding carboxylic acids is 1. The molecule has 2 aliphatic rings. The number of pyridine rings is 1. The SMILES string of the molecule is COC(=O)c1ncc(NS(=O)(=O)CCOCc2ccccc2)cc1N1CCC2(CC1)CC2. The Morgan fingerprint density at radius 2 is 1.88 bits per heavy atom. The Hall–Kier alpha value is -2.65. The molecule has 2 heterocycles. The molecule has 1 aliphatic carbocycles. The summed E-state index contributed by atoms with van der Waals surface area (Å²) >= 11 is 0. The van der Waals surface area contributed by atoms with Crippen LogP contribution in [0.25, 0.3) is 0 Å². The minimum absolute atomic E-state index is 0.0684. The van der Waals surface area contributed by atoms with E-state index in [1.54, 1.807) is 6.07 Å². The molecule has 9 heteroatoms. The van der Waals surface area contributed by atoms with Gasteiger partial charge in [0.15, 0.2) is 5.69 Å². The molecule has 2 aromatic rings. The van der Waals surface area contributed by atoms with Gasteiger partial charge < -0.3 is 14.4 Å². The molecule has 4 rings (SSSR count). The van der Waals surface area contributed by atoms with E-state index in [2.05, 4.69) is 14.6 Å². The summed E-state index contributed by atoms with van der Waals surface area (Å²) in [7, 11) is -2.32.